The van der Waals surface area contributed by atoms with Crippen molar-refractivity contribution in [1.29, 1.82) is 0 Å². The van der Waals surface area contributed by atoms with E-state index in [0.717, 1.165) is 18.9 Å². The van der Waals surface area contributed by atoms with Crippen LogP contribution in [0.4, 0.5) is 0 Å². The van der Waals surface area contributed by atoms with Crippen molar-refractivity contribution in [2.45, 2.75) is 33.2 Å². The molecule has 0 radical (unpaired) electrons. The van der Waals surface area contributed by atoms with E-state index in [1.165, 1.54) is 32.7 Å². The zero-order valence-electron chi connectivity index (χ0n) is 10.6. The van der Waals surface area contributed by atoms with Crippen LogP contribution in [-0.2, 0) is 0 Å². The molecule has 1 fully saturated rings. The second-order valence-electron chi connectivity index (χ2n) is 5.16. The quantitative estimate of drug-likeness (QED) is 0.739. The Bertz CT molecular complexity index is 162. The summed E-state index contributed by atoms with van der Waals surface area (Å²) in [5.41, 5.74) is 5.96. The van der Waals surface area contributed by atoms with Crippen LogP contribution in [0.1, 0.15) is 27.2 Å². The lowest BCUT2D eigenvalue weighted by atomic mass is 10.1. The van der Waals surface area contributed by atoms with Crippen LogP contribution >= 0.6 is 0 Å². The summed E-state index contributed by atoms with van der Waals surface area (Å²) in [6.07, 6.45) is 1.09. The van der Waals surface area contributed by atoms with Crippen LogP contribution in [0, 0.1) is 5.92 Å². The van der Waals surface area contributed by atoms with E-state index >= 15 is 0 Å². The van der Waals surface area contributed by atoms with E-state index in [0.29, 0.717) is 6.04 Å². The molecule has 15 heavy (non-hydrogen) atoms. The Balaban J connectivity index is 2.18. The third-order valence-corrected chi connectivity index (χ3v) is 3.11. The van der Waals surface area contributed by atoms with Crippen molar-refractivity contribution >= 4 is 0 Å². The van der Waals surface area contributed by atoms with Crippen molar-refractivity contribution in [3.05, 3.63) is 0 Å². The Hall–Kier alpha value is -0.120. The smallest absolute Gasteiger partial charge is 0.0165 e. The van der Waals surface area contributed by atoms with Gasteiger partial charge < -0.3 is 10.6 Å². The third-order valence-electron chi connectivity index (χ3n) is 3.11. The maximum Gasteiger partial charge on any atom is 0.0165 e. The topological polar surface area (TPSA) is 32.5 Å². The van der Waals surface area contributed by atoms with Gasteiger partial charge in [-0.1, -0.05) is 20.8 Å². The lowest BCUT2D eigenvalue weighted by Gasteiger charge is -2.36. The minimum absolute atomic E-state index is 0.363. The van der Waals surface area contributed by atoms with Crippen LogP contribution in [0.25, 0.3) is 0 Å². The van der Waals surface area contributed by atoms with Crippen molar-refractivity contribution < 1.29 is 0 Å². The number of hydrogen-bond donors (Lipinski definition) is 1. The highest BCUT2D eigenvalue weighted by Gasteiger charge is 2.18. The first-order chi connectivity index (χ1) is 7.11. The number of piperazine rings is 1. The predicted octanol–water partition coefficient (Wildman–Crippen LogP) is 0.997. The van der Waals surface area contributed by atoms with Crippen LogP contribution in [0.5, 0.6) is 0 Å². The first-order valence-corrected chi connectivity index (χ1v) is 6.32. The van der Waals surface area contributed by atoms with E-state index in [-0.39, 0.29) is 0 Å². The molecule has 1 saturated heterocycles. The molecule has 1 rings (SSSR count). The van der Waals surface area contributed by atoms with Crippen LogP contribution in [-0.4, -0.2) is 55.1 Å². The molecule has 3 nitrogen and oxygen atoms in total. The fourth-order valence-corrected chi connectivity index (χ4v) is 2.13. The lowest BCUT2D eigenvalue weighted by molar-refractivity contribution is 0.117. The van der Waals surface area contributed by atoms with E-state index in [2.05, 4.69) is 30.6 Å². The molecule has 0 aromatic heterocycles. The lowest BCUT2D eigenvalue weighted by Crippen LogP contribution is -2.50. The number of nitrogens with zero attached hydrogens (tertiary/aromatic N) is 2. The Labute approximate surface area is 94.6 Å². The summed E-state index contributed by atoms with van der Waals surface area (Å²) in [4.78, 5) is 5.07. The van der Waals surface area contributed by atoms with E-state index in [9.17, 15) is 0 Å². The molecular weight excluding hydrogens is 186 g/mol. The standard InChI is InChI=1S/C12H27N3/c1-4-12(13)10-15-7-5-14(6-8-15)9-11(2)3/h11-12H,4-10,13H2,1-3H3. The summed E-state index contributed by atoms with van der Waals surface area (Å²) in [5, 5.41) is 0. The Morgan fingerprint density at radius 3 is 1.87 bits per heavy atom. The van der Waals surface area contributed by atoms with E-state index in [1.807, 2.05) is 0 Å². The first kappa shape index (κ1) is 12.9. The molecule has 90 valence electrons. The molecule has 3 heteroatoms. The average Bonchev–Trinajstić information content (AvgIpc) is 2.20. The van der Waals surface area contributed by atoms with Gasteiger partial charge in [0.05, 0.1) is 0 Å². The van der Waals surface area contributed by atoms with Gasteiger partial charge in [-0.05, 0) is 12.3 Å². The summed E-state index contributed by atoms with van der Waals surface area (Å²) in [7, 11) is 0. The van der Waals surface area contributed by atoms with Gasteiger partial charge in [-0.2, -0.15) is 0 Å². The summed E-state index contributed by atoms with van der Waals surface area (Å²) in [6, 6.07) is 0.363. The molecule has 0 spiro atoms. The SMILES string of the molecule is CCC(N)CN1CCN(CC(C)C)CC1. The third kappa shape index (κ3) is 4.96. The molecular formula is C12H27N3. The highest BCUT2D eigenvalue weighted by atomic mass is 15.3. The summed E-state index contributed by atoms with van der Waals surface area (Å²) in [6.45, 7) is 13.9. The molecule has 0 aromatic rings. The van der Waals surface area contributed by atoms with Crippen LogP contribution in [0.2, 0.25) is 0 Å². The van der Waals surface area contributed by atoms with Crippen molar-refractivity contribution in [2.24, 2.45) is 11.7 Å². The fraction of sp³-hybridized carbons (Fsp3) is 1.00. The van der Waals surface area contributed by atoms with Gasteiger partial charge in [0, 0.05) is 45.3 Å². The van der Waals surface area contributed by atoms with Crippen LogP contribution in [0.3, 0.4) is 0 Å². The Kier molecular flexibility index (Phi) is 5.58. The Morgan fingerprint density at radius 2 is 1.47 bits per heavy atom. The van der Waals surface area contributed by atoms with Gasteiger partial charge in [-0.25, -0.2) is 0 Å². The normalized spacial score (nSPS) is 22.2. The fourth-order valence-electron chi connectivity index (χ4n) is 2.13. The van der Waals surface area contributed by atoms with Gasteiger partial charge in [0.2, 0.25) is 0 Å². The van der Waals surface area contributed by atoms with Crippen molar-refractivity contribution in [3.8, 4) is 0 Å². The maximum atomic E-state index is 5.96. The number of nitrogens with two attached hydrogens (primary N) is 1. The number of rotatable bonds is 5. The molecule has 1 aliphatic rings. The average molecular weight is 213 g/mol. The maximum absolute atomic E-state index is 5.96. The van der Waals surface area contributed by atoms with Crippen LogP contribution < -0.4 is 5.73 Å². The molecule has 0 aliphatic carbocycles. The summed E-state index contributed by atoms with van der Waals surface area (Å²) < 4.78 is 0. The minimum atomic E-state index is 0.363. The monoisotopic (exact) mass is 213 g/mol. The van der Waals surface area contributed by atoms with Crippen molar-refractivity contribution in [3.63, 3.8) is 0 Å². The molecule has 0 saturated carbocycles. The molecule has 1 unspecified atom stereocenters. The van der Waals surface area contributed by atoms with E-state index in [1.54, 1.807) is 0 Å². The second-order valence-corrected chi connectivity index (χ2v) is 5.16. The second kappa shape index (κ2) is 6.46. The molecule has 0 bridgehead atoms. The summed E-state index contributed by atoms with van der Waals surface area (Å²) in [5.74, 6) is 0.787. The van der Waals surface area contributed by atoms with Gasteiger partial charge in [-0.15, -0.1) is 0 Å². The largest absolute Gasteiger partial charge is 0.327 e. The van der Waals surface area contributed by atoms with Crippen molar-refractivity contribution in [2.75, 3.05) is 39.3 Å². The Morgan fingerprint density at radius 1 is 1.00 bits per heavy atom. The minimum Gasteiger partial charge on any atom is -0.327 e. The summed E-state index contributed by atoms with van der Waals surface area (Å²) >= 11 is 0. The number of hydrogen-bond acceptors (Lipinski definition) is 3. The van der Waals surface area contributed by atoms with E-state index in [4.69, 9.17) is 5.73 Å². The van der Waals surface area contributed by atoms with Crippen LogP contribution in [0.15, 0.2) is 0 Å². The molecule has 1 atom stereocenters. The van der Waals surface area contributed by atoms with Gasteiger partial charge in [0.25, 0.3) is 0 Å². The first-order valence-electron chi connectivity index (χ1n) is 6.32. The molecule has 1 heterocycles. The molecule has 1 aliphatic heterocycles. The predicted molar refractivity (Wildman–Crippen MR) is 66.0 cm³/mol. The molecule has 0 aromatic carbocycles. The molecule has 0 amide bonds. The van der Waals surface area contributed by atoms with Gasteiger partial charge >= 0.3 is 0 Å². The van der Waals surface area contributed by atoms with Gasteiger partial charge in [0.15, 0.2) is 0 Å². The zero-order chi connectivity index (χ0) is 11.3. The highest BCUT2D eigenvalue weighted by molar-refractivity contribution is 4.75. The molecule has 2 N–H and O–H groups in total. The van der Waals surface area contributed by atoms with E-state index < -0.39 is 0 Å². The van der Waals surface area contributed by atoms with Gasteiger partial charge in [0.1, 0.15) is 0 Å². The van der Waals surface area contributed by atoms with Gasteiger partial charge in [-0.3, -0.25) is 4.90 Å². The van der Waals surface area contributed by atoms with Crippen molar-refractivity contribution in [1.82, 2.24) is 9.80 Å². The highest BCUT2D eigenvalue weighted by Crippen LogP contribution is 2.05. The zero-order valence-corrected chi connectivity index (χ0v) is 10.6.